The summed E-state index contributed by atoms with van der Waals surface area (Å²) >= 11 is 0. The van der Waals surface area contributed by atoms with Crippen molar-refractivity contribution in [2.45, 2.75) is 24.9 Å². The fraction of sp³-hybridized carbons (Fsp3) is 0.333. The molecule has 2 aromatic rings. The van der Waals surface area contributed by atoms with E-state index in [4.69, 9.17) is 5.84 Å². The highest BCUT2D eigenvalue weighted by molar-refractivity contribution is 7.91. The van der Waals surface area contributed by atoms with Gasteiger partial charge in [-0.2, -0.15) is 0 Å². The van der Waals surface area contributed by atoms with E-state index in [1.54, 1.807) is 5.01 Å². The molecule has 2 aromatic carbocycles. The minimum atomic E-state index is -3.08. The molecule has 0 bridgehead atoms. The smallest absolute Gasteiger partial charge is 0.153 e. The van der Waals surface area contributed by atoms with E-state index in [-0.39, 0.29) is 23.6 Å². The zero-order chi connectivity index (χ0) is 16.3. The largest absolute Gasteiger partial charge is 0.268 e. The number of rotatable bonds is 4. The molecule has 5 heteroatoms. The van der Waals surface area contributed by atoms with Gasteiger partial charge in [0.25, 0.3) is 0 Å². The summed E-state index contributed by atoms with van der Waals surface area (Å²) in [6.45, 7) is 0. The molecular weight excluding hydrogens is 308 g/mol. The van der Waals surface area contributed by atoms with Gasteiger partial charge in [-0.05, 0) is 24.0 Å². The van der Waals surface area contributed by atoms with E-state index in [2.05, 4.69) is 0 Å². The second-order valence-corrected chi connectivity index (χ2v) is 8.37. The zero-order valence-corrected chi connectivity index (χ0v) is 13.8. The Morgan fingerprint density at radius 1 is 0.826 bits per heavy atom. The van der Waals surface area contributed by atoms with Crippen LogP contribution in [0.4, 0.5) is 0 Å². The van der Waals surface area contributed by atoms with Gasteiger partial charge in [-0.15, -0.1) is 0 Å². The molecular formula is C18H22N2O2S. The van der Waals surface area contributed by atoms with Crippen molar-refractivity contribution in [1.82, 2.24) is 5.01 Å². The predicted octanol–water partition coefficient (Wildman–Crippen LogP) is 1.81. The van der Waals surface area contributed by atoms with Gasteiger partial charge in [0.2, 0.25) is 0 Å². The average molecular weight is 330 g/mol. The first-order valence-electron chi connectivity index (χ1n) is 7.85. The normalized spacial score (nSPS) is 24.4. The predicted molar refractivity (Wildman–Crippen MR) is 92.5 cm³/mol. The number of hydrogen-bond donors (Lipinski definition) is 1. The van der Waals surface area contributed by atoms with E-state index < -0.39 is 9.84 Å². The number of hydrazine groups is 1. The topological polar surface area (TPSA) is 63.4 Å². The molecule has 1 aliphatic rings. The maximum atomic E-state index is 12.3. The lowest BCUT2D eigenvalue weighted by Gasteiger charge is -2.38. The van der Waals surface area contributed by atoms with Crippen LogP contribution < -0.4 is 5.84 Å². The lowest BCUT2D eigenvalue weighted by atomic mass is 10.0. The lowest BCUT2D eigenvalue weighted by Crippen LogP contribution is -2.59. The third-order valence-corrected chi connectivity index (χ3v) is 6.15. The van der Waals surface area contributed by atoms with E-state index in [0.29, 0.717) is 12.8 Å². The molecule has 1 heterocycles. The summed E-state index contributed by atoms with van der Waals surface area (Å²) in [6.07, 6.45) is 1.31. The summed E-state index contributed by atoms with van der Waals surface area (Å²) in [5, 5.41) is 1.76. The van der Waals surface area contributed by atoms with Crippen LogP contribution in [-0.2, 0) is 22.7 Å². The van der Waals surface area contributed by atoms with Gasteiger partial charge in [0.1, 0.15) is 0 Å². The van der Waals surface area contributed by atoms with Crippen LogP contribution in [0.1, 0.15) is 11.1 Å². The van der Waals surface area contributed by atoms with Crippen LogP contribution in [0.15, 0.2) is 60.7 Å². The van der Waals surface area contributed by atoms with Gasteiger partial charge >= 0.3 is 0 Å². The monoisotopic (exact) mass is 330 g/mol. The maximum Gasteiger partial charge on any atom is 0.153 e. The van der Waals surface area contributed by atoms with Crippen molar-refractivity contribution in [3.05, 3.63) is 71.8 Å². The van der Waals surface area contributed by atoms with Crippen molar-refractivity contribution in [3.63, 3.8) is 0 Å². The van der Waals surface area contributed by atoms with Crippen LogP contribution in [0.3, 0.4) is 0 Å². The third kappa shape index (κ3) is 4.19. The van der Waals surface area contributed by atoms with E-state index >= 15 is 0 Å². The van der Waals surface area contributed by atoms with E-state index in [1.165, 1.54) is 0 Å². The van der Waals surface area contributed by atoms with Crippen molar-refractivity contribution >= 4 is 9.84 Å². The summed E-state index contributed by atoms with van der Waals surface area (Å²) in [6, 6.07) is 19.5. The van der Waals surface area contributed by atoms with Gasteiger partial charge in [0.15, 0.2) is 9.84 Å². The van der Waals surface area contributed by atoms with E-state index in [9.17, 15) is 8.42 Å². The molecule has 0 saturated carbocycles. The first-order chi connectivity index (χ1) is 11.0. The van der Waals surface area contributed by atoms with Crippen molar-refractivity contribution in [2.75, 3.05) is 11.5 Å². The molecule has 2 atom stereocenters. The van der Waals surface area contributed by atoms with Gasteiger partial charge in [-0.25, -0.2) is 13.4 Å². The van der Waals surface area contributed by atoms with E-state index in [1.807, 2.05) is 60.7 Å². The van der Waals surface area contributed by atoms with Gasteiger partial charge in [0.05, 0.1) is 11.5 Å². The lowest BCUT2D eigenvalue weighted by molar-refractivity contribution is 0.148. The minimum absolute atomic E-state index is 0.129. The molecule has 1 saturated heterocycles. The molecule has 2 N–H and O–H groups in total. The number of nitrogens with two attached hydrogens (primary N) is 1. The summed E-state index contributed by atoms with van der Waals surface area (Å²) in [5.74, 6) is 6.57. The number of benzene rings is 2. The Kier molecular flexibility index (Phi) is 4.80. The van der Waals surface area contributed by atoms with Crippen LogP contribution in [0.25, 0.3) is 0 Å². The highest BCUT2D eigenvalue weighted by Gasteiger charge is 2.36. The molecule has 122 valence electrons. The Hall–Kier alpha value is -1.69. The Balaban J connectivity index is 1.78. The Morgan fingerprint density at radius 3 is 1.61 bits per heavy atom. The molecule has 0 amide bonds. The first-order valence-corrected chi connectivity index (χ1v) is 9.67. The number of sulfone groups is 1. The van der Waals surface area contributed by atoms with E-state index in [0.717, 1.165) is 11.1 Å². The van der Waals surface area contributed by atoms with Crippen LogP contribution in [0.2, 0.25) is 0 Å². The molecule has 3 rings (SSSR count). The molecule has 0 radical (unpaired) electrons. The number of hydrogen-bond acceptors (Lipinski definition) is 4. The Morgan fingerprint density at radius 2 is 1.22 bits per heavy atom. The highest BCUT2D eigenvalue weighted by atomic mass is 32.2. The second-order valence-electron chi connectivity index (χ2n) is 6.21. The Labute approximate surface area is 137 Å². The third-order valence-electron chi connectivity index (χ3n) is 4.36. The van der Waals surface area contributed by atoms with Gasteiger partial charge in [-0.3, -0.25) is 5.84 Å². The molecule has 2 unspecified atom stereocenters. The van der Waals surface area contributed by atoms with Gasteiger partial charge < -0.3 is 0 Å². The quantitative estimate of drug-likeness (QED) is 0.869. The van der Waals surface area contributed by atoms with Crippen molar-refractivity contribution in [3.8, 4) is 0 Å². The molecule has 0 aliphatic carbocycles. The van der Waals surface area contributed by atoms with Gasteiger partial charge in [0, 0.05) is 12.1 Å². The van der Waals surface area contributed by atoms with Crippen LogP contribution in [0.5, 0.6) is 0 Å². The summed E-state index contributed by atoms with van der Waals surface area (Å²) in [7, 11) is -3.08. The Bertz CT molecular complexity index is 675. The van der Waals surface area contributed by atoms with Crippen LogP contribution >= 0.6 is 0 Å². The first kappa shape index (κ1) is 16.2. The molecule has 0 spiro atoms. The van der Waals surface area contributed by atoms with Crippen molar-refractivity contribution < 1.29 is 8.42 Å². The van der Waals surface area contributed by atoms with Crippen LogP contribution in [0, 0.1) is 0 Å². The van der Waals surface area contributed by atoms with Crippen molar-refractivity contribution in [2.24, 2.45) is 5.84 Å². The standard InChI is InChI=1S/C18H22N2O2S/c19-20-17(11-15-7-3-1-4-8-15)13-23(21,22)14-18(20)12-16-9-5-2-6-10-16/h1-10,17-18H,11-14,19H2. The highest BCUT2D eigenvalue weighted by Crippen LogP contribution is 2.21. The summed E-state index contributed by atoms with van der Waals surface area (Å²) in [5.41, 5.74) is 2.23. The SMILES string of the molecule is NN1C(Cc2ccccc2)CS(=O)(=O)CC1Cc1ccccc1. The average Bonchev–Trinajstić information content (AvgIpc) is 2.53. The summed E-state index contributed by atoms with van der Waals surface area (Å²) < 4.78 is 24.6. The van der Waals surface area contributed by atoms with Crippen LogP contribution in [-0.4, -0.2) is 37.0 Å². The molecule has 23 heavy (non-hydrogen) atoms. The molecule has 1 aliphatic heterocycles. The fourth-order valence-corrected chi connectivity index (χ4v) is 5.11. The van der Waals surface area contributed by atoms with Gasteiger partial charge in [-0.1, -0.05) is 60.7 Å². The molecule has 1 fully saturated rings. The molecule has 4 nitrogen and oxygen atoms in total. The maximum absolute atomic E-state index is 12.3. The zero-order valence-electron chi connectivity index (χ0n) is 13.0. The summed E-state index contributed by atoms with van der Waals surface area (Å²) in [4.78, 5) is 0. The van der Waals surface area contributed by atoms with Crippen molar-refractivity contribution in [1.29, 1.82) is 0 Å². The second kappa shape index (κ2) is 6.83. The minimum Gasteiger partial charge on any atom is -0.268 e. The molecule has 0 aromatic heterocycles. The fourth-order valence-electron chi connectivity index (χ4n) is 3.23. The number of nitrogens with zero attached hydrogens (tertiary/aromatic N) is 1.